The van der Waals surface area contributed by atoms with Crippen molar-refractivity contribution in [3.8, 4) is 6.07 Å². The Labute approximate surface area is 86.1 Å². The molecule has 0 aliphatic rings. The predicted octanol–water partition coefficient (Wildman–Crippen LogP) is 2.39. The van der Waals surface area contributed by atoms with Crippen molar-refractivity contribution in [3.05, 3.63) is 22.6 Å². The van der Waals surface area contributed by atoms with E-state index in [4.69, 9.17) is 9.68 Å². The zero-order chi connectivity index (χ0) is 9.84. The topological polar surface area (TPSA) is 40.2 Å². The molecule has 3 nitrogen and oxygen atoms in total. The standard InChI is InChI=1S/C9H11BrN2O/c1-7(5-11)12(2)6-8-3-4-9(10)13-8/h3-4,7H,6H2,1-2H3. The van der Waals surface area contributed by atoms with Crippen LogP contribution in [0.4, 0.5) is 0 Å². The zero-order valence-corrected chi connectivity index (χ0v) is 9.21. The van der Waals surface area contributed by atoms with Gasteiger partial charge in [0.15, 0.2) is 4.67 Å². The Morgan fingerprint density at radius 3 is 2.85 bits per heavy atom. The number of hydrogen-bond acceptors (Lipinski definition) is 3. The summed E-state index contributed by atoms with van der Waals surface area (Å²) in [5, 5.41) is 8.66. The summed E-state index contributed by atoms with van der Waals surface area (Å²) in [7, 11) is 1.89. The van der Waals surface area contributed by atoms with Gasteiger partial charge in [-0.05, 0) is 42.0 Å². The molecule has 1 rings (SSSR count). The molecule has 0 saturated heterocycles. The molecule has 0 amide bonds. The molecule has 1 aromatic rings. The summed E-state index contributed by atoms with van der Waals surface area (Å²) in [5.41, 5.74) is 0. The predicted molar refractivity (Wildman–Crippen MR) is 53.0 cm³/mol. The van der Waals surface area contributed by atoms with Gasteiger partial charge in [-0.25, -0.2) is 0 Å². The van der Waals surface area contributed by atoms with E-state index in [1.54, 1.807) is 0 Å². The van der Waals surface area contributed by atoms with Crippen molar-refractivity contribution in [2.75, 3.05) is 7.05 Å². The van der Waals surface area contributed by atoms with E-state index in [0.717, 1.165) is 10.4 Å². The first-order valence-electron chi connectivity index (χ1n) is 3.97. The lowest BCUT2D eigenvalue weighted by molar-refractivity contribution is 0.266. The van der Waals surface area contributed by atoms with E-state index in [9.17, 15) is 0 Å². The smallest absolute Gasteiger partial charge is 0.169 e. The fraction of sp³-hybridized carbons (Fsp3) is 0.444. The van der Waals surface area contributed by atoms with Crippen molar-refractivity contribution in [2.45, 2.75) is 19.5 Å². The van der Waals surface area contributed by atoms with Gasteiger partial charge in [-0.15, -0.1) is 0 Å². The highest BCUT2D eigenvalue weighted by molar-refractivity contribution is 9.10. The number of rotatable bonds is 3. The lowest BCUT2D eigenvalue weighted by Gasteiger charge is -2.16. The second kappa shape index (κ2) is 4.45. The van der Waals surface area contributed by atoms with Crippen molar-refractivity contribution in [1.29, 1.82) is 5.26 Å². The molecule has 0 radical (unpaired) electrons. The Hall–Kier alpha value is -0.790. The van der Waals surface area contributed by atoms with Crippen LogP contribution in [0.3, 0.4) is 0 Å². The fourth-order valence-corrected chi connectivity index (χ4v) is 1.26. The summed E-state index contributed by atoms with van der Waals surface area (Å²) < 4.78 is 6.04. The first-order valence-corrected chi connectivity index (χ1v) is 4.77. The number of nitriles is 1. The third kappa shape index (κ3) is 2.87. The van der Waals surface area contributed by atoms with Gasteiger partial charge in [-0.3, -0.25) is 4.90 Å². The normalized spacial score (nSPS) is 12.8. The van der Waals surface area contributed by atoms with E-state index < -0.39 is 0 Å². The van der Waals surface area contributed by atoms with Crippen LogP contribution in [-0.4, -0.2) is 18.0 Å². The molecule has 1 unspecified atom stereocenters. The van der Waals surface area contributed by atoms with E-state index >= 15 is 0 Å². The SMILES string of the molecule is CC(C#N)N(C)Cc1ccc(Br)o1. The molecule has 0 bridgehead atoms. The van der Waals surface area contributed by atoms with Gasteiger partial charge in [-0.2, -0.15) is 5.26 Å². The van der Waals surface area contributed by atoms with Crippen LogP contribution in [0.5, 0.6) is 0 Å². The maximum atomic E-state index is 8.66. The fourth-order valence-electron chi connectivity index (χ4n) is 0.918. The molecule has 1 aromatic heterocycles. The Kier molecular flexibility index (Phi) is 3.52. The van der Waals surface area contributed by atoms with Crippen LogP contribution in [-0.2, 0) is 6.54 Å². The van der Waals surface area contributed by atoms with Crippen molar-refractivity contribution in [1.82, 2.24) is 4.90 Å². The van der Waals surface area contributed by atoms with Crippen LogP contribution in [0, 0.1) is 11.3 Å². The molecule has 0 spiro atoms. The van der Waals surface area contributed by atoms with Crippen molar-refractivity contribution in [3.63, 3.8) is 0 Å². The number of halogens is 1. The van der Waals surface area contributed by atoms with Gasteiger partial charge in [0, 0.05) is 0 Å². The van der Waals surface area contributed by atoms with Crippen LogP contribution in [0.1, 0.15) is 12.7 Å². The number of furan rings is 1. The molecule has 0 saturated carbocycles. The minimum absolute atomic E-state index is 0.0936. The Morgan fingerprint density at radius 1 is 1.69 bits per heavy atom. The molecule has 0 aromatic carbocycles. The molecular weight excluding hydrogens is 232 g/mol. The first-order chi connectivity index (χ1) is 6.13. The molecule has 13 heavy (non-hydrogen) atoms. The maximum Gasteiger partial charge on any atom is 0.169 e. The van der Waals surface area contributed by atoms with Crippen molar-refractivity contribution in [2.24, 2.45) is 0 Å². The minimum Gasteiger partial charge on any atom is -0.453 e. The molecule has 4 heteroatoms. The van der Waals surface area contributed by atoms with Gasteiger partial charge < -0.3 is 4.42 Å². The van der Waals surface area contributed by atoms with E-state index in [1.807, 2.05) is 31.0 Å². The van der Waals surface area contributed by atoms with E-state index in [-0.39, 0.29) is 6.04 Å². The van der Waals surface area contributed by atoms with Crippen LogP contribution in [0.15, 0.2) is 21.2 Å². The minimum atomic E-state index is -0.0936. The maximum absolute atomic E-state index is 8.66. The largest absolute Gasteiger partial charge is 0.453 e. The quantitative estimate of drug-likeness (QED) is 0.818. The first kappa shape index (κ1) is 10.3. The van der Waals surface area contributed by atoms with Gasteiger partial charge in [0.05, 0.1) is 18.7 Å². The summed E-state index contributed by atoms with van der Waals surface area (Å²) in [6, 6.07) is 5.81. The monoisotopic (exact) mass is 242 g/mol. The summed E-state index contributed by atoms with van der Waals surface area (Å²) in [6.45, 7) is 2.51. The Morgan fingerprint density at radius 2 is 2.38 bits per heavy atom. The molecule has 0 aliphatic carbocycles. The van der Waals surface area contributed by atoms with Gasteiger partial charge in [0.1, 0.15) is 5.76 Å². The summed E-state index contributed by atoms with van der Waals surface area (Å²) >= 11 is 3.23. The molecule has 70 valence electrons. The van der Waals surface area contributed by atoms with Crippen LogP contribution < -0.4 is 0 Å². The zero-order valence-electron chi connectivity index (χ0n) is 7.62. The van der Waals surface area contributed by atoms with Gasteiger partial charge in [0.2, 0.25) is 0 Å². The average molecular weight is 243 g/mol. The molecule has 0 fully saturated rings. The molecule has 0 aliphatic heterocycles. The van der Waals surface area contributed by atoms with E-state index in [0.29, 0.717) is 6.54 Å². The molecule has 1 heterocycles. The lowest BCUT2D eigenvalue weighted by Crippen LogP contribution is -2.26. The Balaban J connectivity index is 2.55. The highest BCUT2D eigenvalue weighted by Crippen LogP contribution is 2.15. The average Bonchev–Trinajstić information content (AvgIpc) is 2.49. The van der Waals surface area contributed by atoms with Crippen molar-refractivity contribution < 1.29 is 4.42 Å². The van der Waals surface area contributed by atoms with Crippen LogP contribution in [0.2, 0.25) is 0 Å². The molecule has 1 atom stereocenters. The Bertz CT molecular complexity index is 316. The summed E-state index contributed by atoms with van der Waals surface area (Å²) in [5.74, 6) is 0.858. The second-order valence-corrected chi connectivity index (χ2v) is 3.71. The summed E-state index contributed by atoms with van der Waals surface area (Å²) in [6.07, 6.45) is 0. The molecule has 0 N–H and O–H groups in total. The third-order valence-electron chi connectivity index (χ3n) is 1.88. The van der Waals surface area contributed by atoms with Gasteiger partial charge in [-0.1, -0.05) is 0 Å². The second-order valence-electron chi connectivity index (χ2n) is 2.93. The van der Waals surface area contributed by atoms with Crippen LogP contribution >= 0.6 is 15.9 Å². The summed E-state index contributed by atoms with van der Waals surface area (Å²) in [4.78, 5) is 1.92. The van der Waals surface area contributed by atoms with Crippen LogP contribution in [0.25, 0.3) is 0 Å². The lowest BCUT2D eigenvalue weighted by atomic mass is 10.3. The van der Waals surface area contributed by atoms with Crippen molar-refractivity contribution >= 4 is 15.9 Å². The molecular formula is C9H11BrN2O. The van der Waals surface area contributed by atoms with Gasteiger partial charge in [0.25, 0.3) is 0 Å². The number of nitrogens with zero attached hydrogens (tertiary/aromatic N) is 2. The van der Waals surface area contributed by atoms with E-state index in [2.05, 4.69) is 22.0 Å². The van der Waals surface area contributed by atoms with E-state index in [1.165, 1.54) is 0 Å². The number of hydrogen-bond donors (Lipinski definition) is 0. The van der Waals surface area contributed by atoms with Gasteiger partial charge >= 0.3 is 0 Å². The third-order valence-corrected chi connectivity index (χ3v) is 2.31. The highest BCUT2D eigenvalue weighted by atomic mass is 79.9. The highest BCUT2D eigenvalue weighted by Gasteiger charge is 2.09.